The van der Waals surface area contributed by atoms with Gasteiger partial charge in [-0.1, -0.05) is 24.6 Å². The van der Waals surface area contributed by atoms with Gasteiger partial charge >= 0.3 is 0 Å². The van der Waals surface area contributed by atoms with Gasteiger partial charge in [-0.15, -0.1) is 0 Å². The summed E-state index contributed by atoms with van der Waals surface area (Å²) in [4.78, 5) is 2.21. The first-order valence-electron chi connectivity index (χ1n) is 6.18. The highest BCUT2D eigenvalue weighted by atomic mass is 15.1. The molecule has 0 aliphatic heterocycles. The van der Waals surface area contributed by atoms with Crippen molar-refractivity contribution in [3.8, 4) is 6.07 Å². The summed E-state index contributed by atoms with van der Waals surface area (Å²) in [6.45, 7) is 9.26. The van der Waals surface area contributed by atoms with E-state index in [1.54, 1.807) is 0 Å². The molecule has 1 atom stereocenters. The summed E-state index contributed by atoms with van der Waals surface area (Å²) in [5.41, 5.74) is 5.14. The Bertz CT molecular complexity index is 406. The van der Waals surface area contributed by atoms with Crippen LogP contribution in [0.4, 0.5) is 5.69 Å². The number of nitrogens with zero attached hydrogens (tertiary/aromatic N) is 2. The number of nitriles is 1. The summed E-state index contributed by atoms with van der Waals surface area (Å²) in [6.07, 6.45) is 0.908. The van der Waals surface area contributed by atoms with Crippen molar-refractivity contribution in [1.82, 2.24) is 0 Å². The van der Waals surface area contributed by atoms with E-state index in [2.05, 4.69) is 57.8 Å². The molecule has 1 aromatic rings. The van der Waals surface area contributed by atoms with E-state index in [1.807, 2.05) is 0 Å². The first-order chi connectivity index (χ1) is 7.99. The van der Waals surface area contributed by atoms with Crippen LogP contribution in [0.2, 0.25) is 0 Å². The number of anilines is 1. The van der Waals surface area contributed by atoms with E-state index in [-0.39, 0.29) is 5.92 Å². The topological polar surface area (TPSA) is 27.0 Å². The summed E-state index contributed by atoms with van der Waals surface area (Å²) >= 11 is 0. The van der Waals surface area contributed by atoms with Crippen molar-refractivity contribution in [2.45, 2.75) is 34.1 Å². The third-order valence-corrected chi connectivity index (χ3v) is 3.19. The predicted octanol–water partition coefficient (Wildman–Crippen LogP) is 3.60. The van der Waals surface area contributed by atoms with Crippen molar-refractivity contribution >= 4 is 5.69 Å². The lowest BCUT2D eigenvalue weighted by molar-refractivity contribution is 0.630. The molecule has 0 bridgehead atoms. The lowest BCUT2D eigenvalue weighted by Gasteiger charge is -2.25. The Morgan fingerprint density at radius 3 is 2.18 bits per heavy atom. The van der Waals surface area contributed by atoms with E-state index in [9.17, 15) is 0 Å². The highest BCUT2D eigenvalue weighted by Crippen LogP contribution is 2.26. The third-order valence-electron chi connectivity index (χ3n) is 3.19. The molecule has 1 aromatic carbocycles. The zero-order chi connectivity index (χ0) is 13.0. The van der Waals surface area contributed by atoms with Gasteiger partial charge in [-0.05, 0) is 38.3 Å². The van der Waals surface area contributed by atoms with Crippen LogP contribution < -0.4 is 4.90 Å². The molecule has 0 aliphatic rings. The maximum Gasteiger partial charge on any atom is 0.0674 e. The fourth-order valence-electron chi connectivity index (χ4n) is 2.46. The second-order valence-electron chi connectivity index (χ2n) is 4.86. The minimum absolute atomic E-state index is 0.111. The summed E-state index contributed by atoms with van der Waals surface area (Å²) in [5.74, 6) is 0.111. The maximum atomic E-state index is 9.03. The van der Waals surface area contributed by atoms with Gasteiger partial charge in [-0.2, -0.15) is 5.26 Å². The monoisotopic (exact) mass is 230 g/mol. The molecule has 0 N–H and O–H groups in total. The zero-order valence-electron chi connectivity index (χ0n) is 11.5. The van der Waals surface area contributed by atoms with Gasteiger partial charge in [0.2, 0.25) is 0 Å². The van der Waals surface area contributed by atoms with E-state index in [4.69, 9.17) is 5.26 Å². The molecule has 92 valence electrons. The largest absolute Gasteiger partial charge is 0.373 e. The molecular weight excluding hydrogens is 208 g/mol. The Hall–Kier alpha value is -1.49. The molecule has 0 saturated heterocycles. The Morgan fingerprint density at radius 2 is 1.76 bits per heavy atom. The SMILES string of the molecule is CCC(C#N)CN(C)c1c(C)cc(C)cc1C. The van der Waals surface area contributed by atoms with Crippen molar-refractivity contribution in [3.63, 3.8) is 0 Å². The normalized spacial score (nSPS) is 12.0. The molecule has 0 radical (unpaired) electrons. The third kappa shape index (κ3) is 3.23. The average molecular weight is 230 g/mol. The van der Waals surface area contributed by atoms with Crippen LogP contribution in [-0.2, 0) is 0 Å². The van der Waals surface area contributed by atoms with Crippen LogP contribution in [-0.4, -0.2) is 13.6 Å². The summed E-state index contributed by atoms with van der Waals surface area (Å²) < 4.78 is 0. The van der Waals surface area contributed by atoms with Crippen molar-refractivity contribution in [2.24, 2.45) is 5.92 Å². The summed E-state index contributed by atoms with van der Waals surface area (Å²) in [6, 6.07) is 6.76. The molecule has 0 aliphatic carbocycles. The number of aryl methyl sites for hydroxylation is 3. The highest BCUT2D eigenvalue weighted by Gasteiger charge is 2.13. The number of hydrogen-bond acceptors (Lipinski definition) is 2. The van der Waals surface area contributed by atoms with Crippen LogP contribution >= 0.6 is 0 Å². The van der Waals surface area contributed by atoms with E-state index < -0.39 is 0 Å². The van der Waals surface area contributed by atoms with Crippen molar-refractivity contribution in [2.75, 3.05) is 18.5 Å². The van der Waals surface area contributed by atoms with Gasteiger partial charge < -0.3 is 4.90 Å². The van der Waals surface area contributed by atoms with Gasteiger partial charge in [0.1, 0.15) is 0 Å². The lowest BCUT2D eigenvalue weighted by Crippen LogP contribution is -2.25. The Kier molecular flexibility index (Phi) is 4.57. The Morgan fingerprint density at radius 1 is 1.24 bits per heavy atom. The van der Waals surface area contributed by atoms with Crippen LogP contribution in [0.15, 0.2) is 12.1 Å². The number of benzene rings is 1. The molecule has 17 heavy (non-hydrogen) atoms. The Balaban J connectivity index is 2.97. The quantitative estimate of drug-likeness (QED) is 0.790. The van der Waals surface area contributed by atoms with E-state index in [1.165, 1.54) is 22.4 Å². The first kappa shape index (κ1) is 13.6. The van der Waals surface area contributed by atoms with Crippen LogP contribution in [0.5, 0.6) is 0 Å². The summed E-state index contributed by atoms with van der Waals surface area (Å²) in [7, 11) is 2.07. The summed E-state index contributed by atoms with van der Waals surface area (Å²) in [5, 5.41) is 9.03. The van der Waals surface area contributed by atoms with E-state index in [0.29, 0.717) is 0 Å². The average Bonchev–Trinajstić information content (AvgIpc) is 2.24. The second-order valence-corrected chi connectivity index (χ2v) is 4.86. The van der Waals surface area contributed by atoms with Gasteiger partial charge in [-0.25, -0.2) is 0 Å². The van der Waals surface area contributed by atoms with Gasteiger partial charge in [0.05, 0.1) is 12.0 Å². The van der Waals surface area contributed by atoms with Gasteiger partial charge in [0.15, 0.2) is 0 Å². The van der Waals surface area contributed by atoms with Crippen LogP contribution in [0.1, 0.15) is 30.0 Å². The van der Waals surface area contributed by atoms with Crippen molar-refractivity contribution in [3.05, 3.63) is 28.8 Å². The molecular formula is C15H22N2. The number of hydrogen-bond donors (Lipinski definition) is 0. The predicted molar refractivity (Wildman–Crippen MR) is 73.3 cm³/mol. The van der Waals surface area contributed by atoms with Gasteiger partial charge in [0.25, 0.3) is 0 Å². The minimum Gasteiger partial charge on any atom is -0.373 e. The van der Waals surface area contributed by atoms with E-state index >= 15 is 0 Å². The first-order valence-corrected chi connectivity index (χ1v) is 6.18. The molecule has 2 heteroatoms. The van der Waals surface area contributed by atoms with Crippen LogP contribution in [0.3, 0.4) is 0 Å². The van der Waals surface area contributed by atoms with Crippen LogP contribution in [0, 0.1) is 38.0 Å². The molecule has 0 heterocycles. The maximum absolute atomic E-state index is 9.03. The molecule has 1 unspecified atom stereocenters. The van der Waals surface area contributed by atoms with E-state index in [0.717, 1.165) is 13.0 Å². The highest BCUT2D eigenvalue weighted by molar-refractivity contribution is 5.59. The fourth-order valence-corrected chi connectivity index (χ4v) is 2.46. The van der Waals surface area contributed by atoms with Gasteiger partial charge in [-0.3, -0.25) is 0 Å². The lowest BCUT2D eigenvalue weighted by atomic mass is 10.0. The smallest absolute Gasteiger partial charge is 0.0674 e. The molecule has 0 amide bonds. The zero-order valence-corrected chi connectivity index (χ0v) is 11.5. The van der Waals surface area contributed by atoms with Crippen LogP contribution in [0.25, 0.3) is 0 Å². The van der Waals surface area contributed by atoms with Crippen molar-refractivity contribution < 1.29 is 0 Å². The molecule has 2 nitrogen and oxygen atoms in total. The standard InChI is InChI=1S/C15H22N2/c1-6-14(9-16)10-17(5)15-12(3)7-11(2)8-13(15)4/h7-8,14H,6,10H2,1-5H3. The molecule has 0 aromatic heterocycles. The fraction of sp³-hybridized carbons (Fsp3) is 0.533. The second kappa shape index (κ2) is 5.72. The molecule has 0 fully saturated rings. The molecule has 1 rings (SSSR count). The Labute approximate surface area is 105 Å². The minimum atomic E-state index is 0.111. The van der Waals surface area contributed by atoms with Crippen molar-refractivity contribution in [1.29, 1.82) is 5.26 Å². The molecule has 0 saturated carbocycles. The number of rotatable bonds is 4. The van der Waals surface area contributed by atoms with Gasteiger partial charge in [0, 0.05) is 19.3 Å². The molecule has 0 spiro atoms.